The Labute approximate surface area is 106 Å². The minimum Gasteiger partial charge on any atom is -0.369 e. The van der Waals surface area contributed by atoms with E-state index in [9.17, 15) is 4.39 Å². The zero-order valence-corrected chi connectivity index (χ0v) is 10.4. The second-order valence-corrected chi connectivity index (χ2v) is 5.20. The van der Waals surface area contributed by atoms with Crippen LogP contribution < -0.4 is 10.6 Å². The third-order valence-electron chi connectivity index (χ3n) is 3.83. The van der Waals surface area contributed by atoms with Crippen molar-refractivity contribution in [1.29, 1.82) is 0 Å². The average Bonchev–Trinajstić information content (AvgIpc) is 2.84. The van der Waals surface area contributed by atoms with Crippen LogP contribution in [-0.2, 0) is 0 Å². The lowest BCUT2D eigenvalue weighted by Crippen LogP contribution is -2.53. The van der Waals surface area contributed by atoms with Gasteiger partial charge in [-0.15, -0.1) is 0 Å². The number of benzene rings is 1. The molecule has 1 fully saturated rings. The van der Waals surface area contributed by atoms with E-state index < -0.39 is 0 Å². The number of aliphatic imine (C=N–C) groups is 1. The lowest BCUT2D eigenvalue weighted by molar-refractivity contribution is 0.379. The van der Waals surface area contributed by atoms with E-state index in [1.807, 2.05) is 11.0 Å². The van der Waals surface area contributed by atoms with Gasteiger partial charge in [0, 0.05) is 18.8 Å². The van der Waals surface area contributed by atoms with Gasteiger partial charge < -0.3 is 15.5 Å². The van der Waals surface area contributed by atoms with Crippen molar-refractivity contribution in [2.45, 2.75) is 12.0 Å². The van der Waals surface area contributed by atoms with Crippen LogP contribution in [0.2, 0.25) is 0 Å². The van der Waals surface area contributed by atoms with Crippen LogP contribution in [0.5, 0.6) is 0 Å². The lowest BCUT2D eigenvalue weighted by Gasteiger charge is -2.35. The van der Waals surface area contributed by atoms with Crippen molar-refractivity contribution in [1.82, 2.24) is 4.90 Å². The lowest BCUT2D eigenvalue weighted by atomic mass is 9.97. The van der Waals surface area contributed by atoms with Crippen LogP contribution >= 0.6 is 0 Å². The predicted molar refractivity (Wildman–Crippen MR) is 70.2 cm³/mol. The summed E-state index contributed by atoms with van der Waals surface area (Å²) in [5, 5.41) is 0. The molecule has 0 radical (unpaired) electrons. The maximum atomic E-state index is 13.4. The molecule has 1 aromatic rings. The summed E-state index contributed by atoms with van der Waals surface area (Å²) in [7, 11) is 2.09. The van der Waals surface area contributed by atoms with Gasteiger partial charge in [0.25, 0.3) is 0 Å². The van der Waals surface area contributed by atoms with Crippen molar-refractivity contribution in [2.75, 3.05) is 31.6 Å². The van der Waals surface area contributed by atoms with Gasteiger partial charge in [-0.05, 0) is 31.7 Å². The van der Waals surface area contributed by atoms with Crippen LogP contribution in [0, 0.1) is 5.82 Å². The van der Waals surface area contributed by atoms with Gasteiger partial charge in [-0.1, -0.05) is 6.07 Å². The molecular formula is C13H17FN4. The number of hydrogen-bond donors (Lipinski definition) is 1. The van der Waals surface area contributed by atoms with E-state index >= 15 is 0 Å². The van der Waals surface area contributed by atoms with Crippen molar-refractivity contribution in [3.05, 3.63) is 30.1 Å². The fourth-order valence-corrected chi connectivity index (χ4v) is 3.01. The number of rotatable bonds is 1. The maximum Gasteiger partial charge on any atom is 0.196 e. The third-order valence-corrected chi connectivity index (χ3v) is 3.83. The average molecular weight is 248 g/mol. The van der Waals surface area contributed by atoms with E-state index in [4.69, 9.17) is 5.73 Å². The highest BCUT2D eigenvalue weighted by Gasteiger charge is 2.47. The Morgan fingerprint density at radius 3 is 2.94 bits per heavy atom. The van der Waals surface area contributed by atoms with Crippen molar-refractivity contribution in [2.24, 2.45) is 10.7 Å². The molecule has 2 N–H and O–H groups in total. The molecule has 0 amide bonds. The number of likely N-dealkylation sites (N-methyl/N-ethyl adjacent to an activating group) is 1. The molecule has 1 unspecified atom stereocenters. The molecule has 2 heterocycles. The third kappa shape index (κ3) is 1.66. The standard InChI is InChI=1S/C13H17FN4/c1-17-6-5-13(9-17)8-16-12(15)18(13)11-4-2-3-10(14)7-11/h2-4,7H,5-6,8-9H2,1H3,(H2,15,16). The van der Waals surface area contributed by atoms with Crippen molar-refractivity contribution >= 4 is 11.6 Å². The highest BCUT2D eigenvalue weighted by atomic mass is 19.1. The van der Waals surface area contributed by atoms with E-state index in [1.54, 1.807) is 6.07 Å². The van der Waals surface area contributed by atoms with Crippen LogP contribution in [0.4, 0.5) is 10.1 Å². The highest BCUT2D eigenvalue weighted by molar-refractivity contribution is 5.98. The number of nitrogens with two attached hydrogens (primary N) is 1. The summed E-state index contributed by atoms with van der Waals surface area (Å²) in [4.78, 5) is 8.63. The molecule has 0 saturated carbocycles. The SMILES string of the molecule is CN1CCC2(CN=C(N)N2c2cccc(F)c2)C1. The molecule has 0 bridgehead atoms. The molecule has 1 saturated heterocycles. The summed E-state index contributed by atoms with van der Waals surface area (Å²) in [6.45, 7) is 2.63. The zero-order valence-electron chi connectivity index (χ0n) is 10.4. The molecule has 2 aliphatic rings. The van der Waals surface area contributed by atoms with Gasteiger partial charge >= 0.3 is 0 Å². The smallest absolute Gasteiger partial charge is 0.196 e. The van der Waals surface area contributed by atoms with Gasteiger partial charge in [0.1, 0.15) is 5.82 Å². The summed E-state index contributed by atoms with van der Waals surface area (Å²) >= 11 is 0. The molecule has 4 nitrogen and oxygen atoms in total. The van der Waals surface area contributed by atoms with Gasteiger partial charge in [-0.2, -0.15) is 0 Å². The number of nitrogens with zero attached hydrogens (tertiary/aromatic N) is 3. The molecule has 3 rings (SSSR count). The normalized spacial score (nSPS) is 28.1. The number of hydrogen-bond acceptors (Lipinski definition) is 4. The summed E-state index contributed by atoms with van der Waals surface area (Å²) < 4.78 is 13.4. The Kier molecular flexibility index (Phi) is 2.52. The van der Waals surface area contributed by atoms with Crippen molar-refractivity contribution < 1.29 is 4.39 Å². The Hall–Kier alpha value is -1.62. The van der Waals surface area contributed by atoms with Crippen LogP contribution in [0.15, 0.2) is 29.3 Å². The fourth-order valence-electron chi connectivity index (χ4n) is 3.01. The van der Waals surface area contributed by atoms with Crippen molar-refractivity contribution in [3.8, 4) is 0 Å². The minimum atomic E-state index is -0.242. The quantitative estimate of drug-likeness (QED) is 0.807. The first-order valence-corrected chi connectivity index (χ1v) is 6.15. The topological polar surface area (TPSA) is 44.9 Å². The highest BCUT2D eigenvalue weighted by Crippen LogP contribution is 2.35. The second kappa shape index (κ2) is 3.95. The number of likely N-dealkylation sites (tertiary alicyclic amines) is 1. The van der Waals surface area contributed by atoms with Crippen LogP contribution in [0.1, 0.15) is 6.42 Å². The number of guanidine groups is 1. The van der Waals surface area contributed by atoms with E-state index in [0.717, 1.165) is 25.2 Å². The van der Waals surface area contributed by atoms with E-state index in [0.29, 0.717) is 12.5 Å². The minimum absolute atomic E-state index is 0.0906. The Balaban J connectivity index is 2.00. The first-order valence-electron chi connectivity index (χ1n) is 6.15. The molecule has 96 valence electrons. The van der Waals surface area contributed by atoms with Crippen molar-refractivity contribution in [3.63, 3.8) is 0 Å². The number of halogens is 1. The fraction of sp³-hybridized carbons (Fsp3) is 0.462. The molecule has 0 aliphatic carbocycles. The van der Waals surface area contributed by atoms with Crippen LogP contribution in [-0.4, -0.2) is 43.1 Å². The summed E-state index contributed by atoms with van der Waals surface area (Å²) in [5.74, 6) is 0.254. The summed E-state index contributed by atoms with van der Waals surface area (Å²) in [6.07, 6.45) is 1.00. The van der Waals surface area contributed by atoms with Gasteiger partial charge in [0.05, 0.1) is 12.1 Å². The van der Waals surface area contributed by atoms with Crippen LogP contribution in [0.3, 0.4) is 0 Å². The molecule has 18 heavy (non-hydrogen) atoms. The van der Waals surface area contributed by atoms with E-state index in [1.165, 1.54) is 12.1 Å². The monoisotopic (exact) mass is 248 g/mol. The molecule has 0 aromatic heterocycles. The van der Waals surface area contributed by atoms with E-state index in [2.05, 4.69) is 16.9 Å². The van der Waals surface area contributed by atoms with Crippen LogP contribution in [0.25, 0.3) is 0 Å². The molecule has 5 heteroatoms. The Bertz CT molecular complexity index is 502. The zero-order chi connectivity index (χ0) is 12.8. The second-order valence-electron chi connectivity index (χ2n) is 5.20. The number of anilines is 1. The Morgan fingerprint density at radius 2 is 2.28 bits per heavy atom. The summed E-state index contributed by atoms with van der Waals surface area (Å²) in [5.41, 5.74) is 6.70. The maximum absolute atomic E-state index is 13.4. The molecular weight excluding hydrogens is 231 g/mol. The Morgan fingerprint density at radius 1 is 1.44 bits per heavy atom. The van der Waals surface area contributed by atoms with Gasteiger partial charge in [0.2, 0.25) is 0 Å². The molecule has 1 aromatic carbocycles. The summed E-state index contributed by atoms with van der Waals surface area (Å²) in [6, 6.07) is 6.56. The first kappa shape index (κ1) is 11.5. The van der Waals surface area contributed by atoms with Gasteiger partial charge in [-0.3, -0.25) is 4.99 Å². The molecule has 1 spiro atoms. The first-order chi connectivity index (χ1) is 8.61. The molecule has 1 atom stereocenters. The van der Waals surface area contributed by atoms with Gasteiger partial charge in [-0.25, -0.2) is 4.39 Å². The van der Waals surface area contributed by atoms with Gasteiger partial charge in [0.15, 0.2) is 5.96 Å². The molecule has 2 aliphatic heterocycles. The predicted octanol–water partition coefficient (Wildman–Crippen LogP) is 1.03. The van der Waals surface area contributed by atoms with E-state index in [-0.39, 0.29) is 11.4 Å². The largest absolute Gasteiger partial charge is 0.369 e.